The fourth-order valence-electron chi connectivity index (χ4n) is 1.78. The Morgan fingerprint density at radius 2 is 2.27 bits per heavy atom. The molecular weight excluding hydrogens is 216 g/mol. The Morgan fingerprint density at radius 3 is 2.87 bits per heavy atom. The highest BCUT2D eigenvalue weighted by molar-refractivity contribution is 5.85. The minimum Gasteiger partial charge on any atom is -0.368 e. The predicted molar refractivity (Wildman–Crippen MR) is 58.9 cm³/mol. The fraction of sp³-hybridized carbons (Fsp3) is 0.556. The Balaban J connectivity index is 0.00000112. The largest absolute Gasteiger partial charge is 0.368 e. The van der Waals surface area contributed by atoms with Crippen LogP contribution in [0.3, 0.4) is 0 Å². The maximum absolute atomic E-state index is 11.2. The van der Waals surface area contributed by atoms with Gasteiger partial charge in [0, 0.05) is 13.1 Å². The second-order valence-electron chi connectivity index (χ2n) is 3.65. The van der Waals surface area contributed by atoms with Gasteiger partial charge in [-0.1, -0.05) is 0 Å². The van der Waals surface area contributed by atoms with E-state index in [1.54, 1.807) is 4.68 Å². The summed E-state index contributed by atoms with van der Waals surface area (Å²) in [4.78, 5) is 11.2. The third-order valence-electron chi connectivity index (χ3n) is 2.76. The van der Waals surface area contributed by atoms with Crippen LogP contribution >= 0.6 is 12.4 Å². The van der Waals surface area contributed by atoms with Gasteiger partial charge >= 0.3 is 0 Å². The van der Waals surface area contributed by atoms with Gasteiger partial charge in [-0.2, -0.15) is 5.10 Å². The van der Waals surface area contributed by atoms with Crippen molar-refractivity contribution >= 4 is 18.3 Å². The average molecular weight is 231 g/mol. The second-order valence-corrected chi connectivity index (χ2v) is 3.65. The van der Waals surface area contributed by atoms with E-state index in [0.29, 0.717) is 6.54 Å². The molecule has 1 unspecified atom stereocenters. The maximum Gasteiger partial charge on any atom is 0.243 e. The van der Waals surface area contributed by atoms with Crippen molar-refractivity contribution in [2.24, 2.45) is 5.73 Å². The molecule has 2 rings (SSSR count). The third-order valence-corrected chi connectivity index (χ3v) is 2.76. The van der Waals surface area contributed by atoms with E-state index in [4.69, 9.17) is 5.73 Å². The first-order chi connectivity index (χ1) is 6.61. The van der Waals surface area contributed by atoms with Crippen LogP contribution in [-0.4, -0.2) is 22.2 Å². The van der Waals surface area contributed by atoms with Crippen molar-refractivity contribution in [3.63, 3.8) is 0 Å². The quantitative estimate of drug-likeness (QED) is 0.716. The average Bonchev–Trinajstić information content (AvgIpc) is 2.43. The van der Waals surface area contributed by atoms with Gasteiger partial charge in [0.05, 0.1) is 11.4 Å². The molecule has 1 amide bonds. The zero-order valence-electron chi connectivity index (χ0n) is 8.78. The summed E-state index contributed by atoms with van der Waals surface area (Å²) in [5.74, 6) is -0.332. The van der Waals surface area contributed by atoms with Gasteiger partial charge in [-0.3, -0.25) is 9.48 Å². The molecule has 1 aromatic heterocycles. The number of nitrogens with two attached hydrogens (primary N) is 1. The lowest BCUT2D eigenvalue weighted by molar-refractivity contribution is -0.121. The summed E-state index contributed by atoms with van der Waals surface area (Å²) in [6, 6.07) is -0.342. The highest BCUT2D eigenvalue weighted by Gasteiger charge is 2.26. The van der Waals surface area contributed by atoms with Gasteiger partial charge in [0.2, 0.25) is 5.91 Å². The molecule has 2 heterocycles. The molecule has 0 aromatic carbocycles. The van der Waals surface area contributed by atoms with Crippen LogP contribution in [0.2, 0.25) is 0 Å². The van der Waals surface area contributed by atoms with Crippen molar-refractivity contribution < 1.29 is 4.79 Å². The standard InChI is InChI=1S/C9H14N4O.ClH/c1-5-6(2)12-13-7(5)3-11-4-8(13)9(10)14;/h8,11H,3-4H2,1-2H3,(H2,10,14);1H. The molecule has 0 aliphatic carbocycles. The third kappa shape index (κ3) is 1.85. The Labute approximate surface area is 94.4 Å². The van der Waals surface area contributed by atoms with Crippen molar-refractivity contribution in [1.29, 1.82) is 0 Å². The van der Waals surface area contributed by atoms with Gasteiger partial charge < -0.3 is 11.1 Å². The van der Waals surface area contributed by atoms with Crippen molar-refractivity contribution in [2.45, 2.75) is 26.4 Å². The molecule has 0 saturated carbocycles. The second kappa shape index (κ2) is 4.20. The van der Waals surface area contributed by atoms with E-state index in [9.17, 15) is 4.79 Å². The van der Waals surface area contributed by atoms with Gasteiger partial charge in [-0.05, 0) is 19.4 Å². The molecule has 1 aliphatic heterocycles. The van der Waals surface area contributed by atoms with E-state index in [0.717, 1.165) is 23.5 Å². The number of carbonyl (C=O) groups excluding carboxylic acids is 1. The van der Waals surface area contributed by atoms with Gasteiger partial charge in [0.15, 0.2) is 0 Å². The van der Waals surface area contributed by atoms with Gasteiger partial charge in [-0.25, -0.2) is 0 Å². The molecule has 3 N–H and O–H groups in total. The van der Waals surface area contributed by atoms with Crippen LogP contribution in [0.15, 0.2) is 0 Å². The molecule has 0 saturated heterocycles. The van der Waals surface area contributed by atoms with Gasteiger partial charge in [-0.15, -0.1) is 12.4 Å². The molecule has 15 heavy (non-hydrogen) atoms. The normalized spacial score (nSPS) is 19.2. The highest BCUT2D eigenvalue weighted by atomic mass is 35.5. The van der Waals surface area contributed by atoms with E-state index in [1.807, 2.05) is 13.8 Å². The Kier molecular flexibility index (Phi) is 3.36. The summed E-state index contributed by atoms with van der Waals surface area (Å²) in [6.07, 6.45) is 0. The number of fused-ring (bicyclic) bond motifs is 1. The number of hydrogen-bond donors (Lipinski definition) is 2. The molecule has 1 aromatic rings. The molecule has 0 fully saturated rings. The van der Waals surface area contributed by atoms with Gasteiger partial charge in [0.25, 0.3) is 0 Å². The summed E-state index contributed by atoms with van der Waals surface area (Å²) in [5.41, 5.74) is 8.48. The molecule has 84 valence electrons. The van der Waals surface area contributed by atoms with E-state index in [-0.39, 0.29) is 24.4 Å². The number of primary amides is 1. The smallest absolute Gasteiger partial charge is 0.243 e. The molecule has 0 radical (unpaired) electrons. The van der Waals surface area contributed by atoms with Crippen LogP contribution in [0.5, 0.6) is 0 Å². The number of rotatable bonds is 1. The zero-order valence-corrected chi connectivity index (χ0v) is 9.60. The lowest BCUT2D eigenvalue weighted by Crippen LogP contribution is -2.41. The summed E-state index contributed by atoms with van der Waals surface area (Å²) >= 11 is 0. The van der Waals surface area contributed by atoms with Crippen LogP contribution in [0, 0.1) is 13.8 Å². The van der Waals surface area contributed by atoms with Crippen LogP contribution < -0.4 is 11.1 Å². The molecule has 1 aliphatic rings. The van der Waals surface area contributed by atoms with Crippen molar-refractivity contribution in [1.82, 2.24) is 15.1 Å². The summed E-state index contributed by atoms with van der Waals surface area (Å²) in [5, 5.41) is 7.49. The number of aromatic nitrogens is 2. The molecule has 1 atom stereocenters. The first-order valence-electron chi connectivity index (χ1n) is 4.66. The Bertz CT molecular complexity index is 388. The molecule has 6 heteroatoms. The monoisotopic (exact) mass is 230 g/mol. The van der Waals surface area contributed by atoms with Crippen LogP contribution in [0.4, 0.5) is 0 Å². The summed E-state index contributed by atoms with van der Waals surface area (Å²) in [7, 11) is 0. The maximum atomic E-state index is 11.2. The number of hydrogen-bond acceptors (Lipinski definition) is 3. The number of amides is 1. The predicted octanol–water partition coefficient (Wildman–Crippen LogP) is 0.0513. The van der Waals surface area contributed by atoms with Crippen molar-refractivity contribution in [3.05, 3.63) is 17.0 Å². The minimum atomic E-state index is -0.342. The van der Waals surface area contributed by atoms with E-state index in [1.165, 1.54) is 0 Å². The first kappa shape index (κ1) is 12.0. The lowest BCUT2D eigenvalue weighted by atomic mass is 10.1. The number of carbonyl (C=O) groups is 1. The summed E-state index contributed by atoms with van der Waals surface area (Å²) in [6.45, 7) is 5.29. The SMILES string of the molecule is Cc1nn2c(c1C)CNCC2C(N)=O.Cl. The molecule has 0 spiro atoms. The van der Waals surface area contributed by atoms with Crippen molar-refractivity contribution in [3.8, 4) is 0 Å². The van der Waals surface area contributed by atoms with Crippen LogP contribution in [-0.2, 0) is 11.3 Å². The van der Waals surface area contributed by atoms with Crippen LogP contribution in [0.1, 0.15) is 23.0 Å². The first-order valence-corrected chi connectivity index (χ1v) is 4.66. The number of halogens is 1. The van der Waals surface area contributed by atoms with Crippen molar-refractivity contribution in [2.75, 3.05) is 6.54 Å². The minimum absolute atomic E-state index is 0. The topological polar surface area (TPSA) is 72.9 Å². The van der Waals surface area contributed by atoms with Crippen LogP contribution in [0.25, 0.3) is 0 Å². The zero-order chi connectivity index (χ0) is 10.3. The fourth-order valence-corrected chi connectivity index (χ4v) is 1.78. The Hall–Kier alpha value is -1.07. The number of nitrogens with one attached hydrogen (secondary N) is 1. The number of nitrogens with zero attached hydrogens (tertiary/aromatic N) is 2. The van der Waals surface area contributed by atoms with E-state index >= 15 is 0 Å². The molecule has 5 nitrogen and oxygen atoms in total. The van der Waals surface area contributed by atoms with E-state index < -0.39 is 0 Å². The Morgan fingerprint density at radius 1 is 1.60 bits per heavy atom. The molecular formula is C9H15ClN4O. The highest BCUT2D eigenvalue weighted by Crippen LogP contribution is 2.20. The summed E-state index contributed by atoms with van der Waals surface area (Å²) < 4.78 is 1.75. The molecule has 0 bridgehead atoms. The number of aryl methyl sites for hydroxylation is 1. The van der Waals surface area contributed by atoms with Gasteiger partial charge in [0.1, 0.15) is 6.04 Å². The lowest BCUT2D eigenvalue weighted by Gasteiger charge is -2.23. The van der Waals surface area contributed by atoms with E-state index in [2.05, 4.69) is 10.4 Å².